The van der Waals surface area contributed by atoms with E-state index in [2.05, 4.69) is 4.98 Å². The van der Waals surface area contributed by atoms with Crippen LogP contribution in [0.4, 0.5) is 0 Å². The SMILES string of the molecule is COC(=O)C1=C(N)Oc2cc(C)n(Cc3cccnc3)c(=O)c2[C@@H]1c1ccc(OC)c(OC)c1OC. The molecule has 0 spiro atoms. The molecular formula is C26H27N3O7. The van der Waals surface area contributed by atoms with E-state index in [9.17, 15) is 9.59 Å². The summed E-state index contributed by atoms with van der Waals surface area (Å²) in [4.78, 5) is 31.1. The maximum Gasteiger partial charge on any atom is 0.340 e. The van der Waals surface area contributed by atoms with Gasteiger partial charge in [-0.1, -0.05) is 12.1 Å². The zero-order valence-corrected chi connectivity index (χ0v) is 20.7. The fraction of sp³-hybridized carbons (Fsp3) is 0.269. The van der Waals surface area contributed by atoms with Gasteiger partial charge >= 0.3 is 5.97 Å². The van der Waals surface area contributed by atoms with E-state index >= 15 is 0 Å². The van der Waals surface area contributed by atoms with Gasteiger partial charge in [-0.05, 0) is 24.6 Å². The average molecular weight is 494 g/mol. The van der Waals surface area contributed by atoms with E-state index in [0.717, 1.165) is 5.56 Å². The Morgan fingerprint density at radius 3 is 2.47 bits per heavy atom. The summed E-state index contributed by atoms with van der Waals surface area (Å²) in [7, 11) is 5.66. The fourth-order valence-corrected chi connectivity index (χ4v) is 4.43. The minimum absolute atomic E-state index is 0.0237. The summed E-state index contributed by atoms with van der Waals surface area (Å²) >= 11 is 0. The first kappa shape index (κ1) is 24.6. The molecule has 1 aliphatic heterocycles. The lowest BCUT2D eigenvalue weighted by molar-refractivity contribution is -0.136. The highest BCUT2D eigenvalue weighted by atomic mass is 16.5. The summed E-state index contributed by atoms with van der Waals surface area (Å²) in [5.74, 6) is -0.631. The molecule has 0 unspecified atom stereocenters. The lowest BCUT2D eigenvalue weighted by Gasteiger charge is -2.30. The Labute approximate surface area is 207 Å². The molecular weight excluding hydrogens is 466 g/mol. The van der Waals surface area contributed by atoms with Crippen LogP contribution in [0.1, 0.15) is 28.3 Å². The quantitative estimate of drug-likeness (QED) is 0.494. The van der Waals surface area contributed by atoms with Gasteiger partial charge in [-0.2, -0.15) is 0 Å². The van der Waals surface area contributed by atoms with Gasteiger partial charge in [-0.3, -0.25) is 9.78 Å². The number of nitrogens with two attached hydrogens (primary N) is 1. The summed E-state index contributed by atoms with van der Waals surface area (Å²) < 4.78 is 29.0. The lowest BCUT2D eigenvalue weighted by atomic mass is 9.82. The van der Waals surface area contributed by atoms with Crippen LogP contribution >= 0.6 is 0 Å². The predicted octanol–water partition coefficient (Wildman–Crippen LogP) is 2.49. The molecule has 2 aromatic heterocycles. The van der Waals surface area contributed by atoms with Gasteiger partial charge in [0.1, 0.15) is 11.3 Å². The standard InChI is InChI=1S/C26H27N3O7/c1-14-11-18-20(25(30)29(14)13-15-7-6-10-28-12-15)19(21(24(27)36-18)26(31)35-5)16-8-9-17(32-2)23(34-4)22(16)33-3/h6-12,19H,13,27H2,1-5H3/t19-/m0/s1. The molecule has 1 aromatic carbocycles. The minimum Gasteiger partial charge on any atom is -0.493 e. The molecule has 0 radical (unpaired) electrons. The number of nitrogens with zero attached hydrogens (tertiary/aromatic N) is 2. The third-order valence-corrected chi connectivity index (χ3v) is 6.08. The molecule has 2 N–H and O–H groups in total. The van der Waals surface area contributed by atoms with Crippen molar-refractivity contribution in [1.82, 2.24) is 9.55 Å². The summed E-state index contributed by atoms with van der Waals surface area (Å²) in [5, 5.41) is 0. The second-order valence-electron chi connectivity index (χ2n) is 8.04. The molecule has 0 saturated heterocycles. The van der Waals surface area contributed by atoms with Crippen molar-refractivity contribution in [1.29, 1.82) is 0 Å². The van der Waals surface area contributed by atoms with Crippen LogP contribution in [-0.2, 0) is 16.1 Å². The number of esters is 1. The van der Waals surface area contributed by atoms with E-state index in [-0.39, 0.29) is 40.6 Å². The number of carbonyl (C=O) groups excluding carboxylic acids is 1. The molecule has 10 heteroatoms. The molecule has 0 saturated carbocycles. The van der Waals surface area contributed by atoms with Crippen LogP contribution in [0, 0.1) is 6.92 Å². The van der Waals surface area contributed by atoms with E-state index in [1.54, 1.807) is 48.1 Å². The molecule has 3 aromatic rings. The van der Waals surface area contributed by atoms with Crippen LogP contribution in [-0.4, -0.2) is 44.0 Å². The van der Waals surface area contributed by atoms with Gasteiger partial charge in [0.15, 0.2) is 11.5 Å². The van der Waals surface area contributed by atoms with Gasteiger partial charge in [-0.15, -0.1) is 0 Å². The Kier molecular flexibility index (Phi) is 6.86. The maximum atomic E-state index is 14.0. The topological polar surface area (TPSA) is 124 Å². The number of aromatic nitrogens is 2. The first-order valence-electron chi connectivity index (χ1n) is 11.0. The Hall–Kier alpha value is -4.47. The number of pyridine rings is 2. The number of ether oxygens (including phenoxy) is 5. The van der Waals surface area contributed by atoms with Gasteiger partial charge in [-0.25, -0.2) is 4.79 Å². The van der Waals surface area contributed by atoms with Crippen LogP contribution in [0.25, 0.3) is 0 Å². The van der Waals surface area contributed by atoms with Crippen molar-refractivity contribution in [3.05, 3.63) is 86.9 Å². The molecule has 4 rings (SSSR count). The number of carbonyl (C=O) groups is 1. The van der Waals surface area contributed by atoms with Crippen LogP contribution in [0.5, 0.6) is 23.0 Å². The van der Waals surface area contributed by atoms with Crippen molar-refractivity contribution < 1.29 is 28.5 Å². The Balaban J connectivity index is 2.03. The fourth-order valence-electron chi connectivity index (χ4n) is 4.43. The van der Waals surface area contributed by atoms with Crippen molar-refractivity contribution in [3.63, 3.8) is 0 Å². The number of hydrogen-bond acceptors (Lipinski definition) is 9. The van der Waals surface area contributed by atoms with Crippen molar-refractivity contribution in [2.45, 2.75) is 19.4 Å². The number of methoxy groups -OCH3 is 4. The summed E-state index contributed by atoms with van der Waals surface area (Å²) in [5.41, 5.74) is 7.99. The first-order valence-corrected chi connectivity index (χ1v) is 11.0. The number of fused-ring (bicyclic) bond motifs is 1. The zero-order chi connectivity index (χ0) is 26.0. The Bertz CT molecular complexity index is 1400. The van der Waals surface area contributed by atoms with Crippen LogP contribution in [0.2, 0.25) is 0 Å². The highest BCUT2D eigenvalue weighted by Crippen LogP contribution is 2.49. The summed E-state index contributed by atoms with van der Waals surface area (Å²) in [6.45, 7) is 2.07. The zero-order valence-electron chi connectivity index (χ0n) is 20.7. The van der Waals surface area contributed by atoms with Crippen molar-refractivity contribution in [2.24, 2.45) is 5.73 Å². The van der Waals surface area contributed by atoms with E-state index < -0.39 is 11.9 Å². The molecule has 0 aliphatic carbocycles. The number of hydrogen-bond donors (Lipinski definition) is 1. The molecule has 0 bridgehead atoms. The second-order valence-corrected chi connectivity index (χ2v) is 8.04. The second kappa shape index (κ2) is 10.0. The van der Waals surface area contributed by atoms with Gasteiger partial charge in [0.25, 0.3) is 5.56 Å². The summed E-state index contributed by atoms with van der Waals surface area (Å²) in [6.07, 6.45) is 3.35. The van der Waals surface area contributed by atoms with Crippen molar-refractivity contribution >= 4 is 5.97 Å². The molecule has 188 valence electrons. The largest absolute Gasteiger partial charge is 0.493 e. The van der Waals surface area contributed by atoms with E-state index in [1.807, 2.05) is 6.07 Å². The highest BCUT2D eigenvalue weighted by molar-refractivity contribution is 5.93. The Morgan fingerprint density at radius 1 is 1.11 bits per heavy atom. The highest BCUT2D eigenvalue weighted by Gasteiger charge is 2.40. The lowest BCUT2D eigenvalue weighted by Crippen LogP contribution is -2.35. The van der Waals surface area contributed by atoms with E-state index in [4.69, 9.17) is 29.4 Å². The minimum atomic E-state index is -0.968. The summed E-state index contributed by atoms with van der Waals surface area (Å²) in [6, 6.07) is 8.75. The number of benzene rings is 1. The van der Waals surface area contributed by atoms with Gasteiger partial charge in [0.05, 0.1) is 46.5 Å². The van der Waals surface area contributed by atoms with Crippen LogP contribution in [0.3, 0.4) is 0 Å². The molecule has 1 atom stereocenters. The van der Waals surface area contributed by atoms with Gasteiger partial charge < -0.3 is 34.0 Å². The predicted molar refractivity (Wildman–Crippen MR) is 131 cm³/mol. The monoisotopic (exact) mass is 493 g/mol. The first-order chi connectivity index (χ1) is 17.4. The maximum absolute atomic E-state index is 14.0. The third-order valence-electron chi connectivity index (χ3n) is 6.08. The van der Waals surface area contributed by atoms with Crippen molar-refractivity contribution in [2.75, 3.05) is 28.4 Å². The molecule has 0 amide bonds. The molecule has 0 fully saturated rings. The van der Waals surface area contributed by atoms with Crippen LogP contribution < -0.4 is 30.2 Å². The molecule has 36 heavy (non-hydrogen) atoms. The molecule has 1 aliphatic rings. The molecule has 10 nitrogen and oxygen atoms in total. The smallest absolute Gasteiger partial charge is 0.340 e. The van der Waals surface area contributed by atoms with Gasteiger partial charge in [0.2, 0.25) is 11.6 Å². The molecule has 3 heterocycles. The average Bonchev–Trinajstić information content (AvgIpc) is 2.89. The Morgan fingerprint density at radius 2 is 1.86 bits per heavy atom. The third kappa shape index (κ3) is 4.10. The normalized spacial score (nSPS) is 14.5. The van der Waals surface area contributed by atoms with Crippen molar-refractivity contribution in [3.8, 4) is 23.0 Å². The number of rotatable bonds is 7. The number of aryl methyl sites for hydroxylation is 1. The van der Waals surface area contributed by atoms with Crippen LogP contribution in [0.15, 0.2) is 59.0 Å². The van der Waals surface area contributed by atoms with E-state index in [1.165, 1.54) is 28.4 Å². The van der Waals surface area contributed by atoms with E-state index in [0.29, 0.717) is 22.8 Å². The van der Waals surface area contributed by atoms with Gasteiger partial charge in [0, 0.05) is 29.7 Å².